The zero-order chi connectivity index (χ0) is 13.8. The maximum absolute atomic E-state index is 11.6. The molecule has 0 radical (unpaired) electrons. The highest BCUT2D eigenvalue weighted by atomic mass is 79.9. The van der Waals surface area contributed by atoms with Crippen molar-refractivity contribution in [1.29, 1.82) is 0 Å². The maximum Gasteiger partial charge on any atom is 0.360 e. The lowest BCUT2D eigenvalue weighted by atomic mass is 10.2. The minimum absolute atomic E-state index is 0.292. The van der Waals surface area contributed by atoms with Crippen LogP contribution in [-0.2, 0) is 17.7 Å². The largest absolute Gasteiger partial charge is 0.464 e. The quantitative estimate of drug-likeness (QED) is 0.811. The fourth-order valence-electron chi connectivity index (χ4n) is 1.87. The van der Waals surface area contributed by atoms with Gasteiger partial charge in [-0.1, -0.05) is 40.2 Å². The number of esters is 1. The SMILES string of the molecule is CCc1c(C(=O)OC)nnn1Cc1cccc(Br)c1. The second kappa shape index (κ2) is 5.97. The molecule has 0 N–H and O–H groups in total. The van der Waals surface area contributed by atoms with Gasteiger partial charge < -0.3 is 4.74 Å². The predicted octanol–water partition coefficient (Wildman–Crippen LogP) is 2.44. The molecule has 1 heterocycles. The molecule has 1 aromatic carbocycles. The molecule has 0 unspecified atom stereocenters. The summed E-state index contributed by atoms with van der Waals surface area (Å²) in [6.07, 6.45) is 0.672. The number of nitrogens with zero attached hydrogens (tertiary/aromatic N) is 3. The monoisotopic (exact) mass is 323 g/mol. The Morgan fingerprint density at radius 2 is 2.26 bits per heavy atom. The number of halogens is 1. The standard InChI is InChI=1S/C13H14BrN3O2/c1-3-11-12(13(18)19-2)15-16-17(11)8-9-5-4-6-10(14)7-9/h4-7H,3,8H2,1-2H3. The van der Waals surface area contributed by atoms with Gasteiger partial charge in [-0.25, -0.2) is 9.48 Å². The molecule has 0 saturated heterocycles. The van der Waals surface area contributed by atoms with Crippen LogP contribution in [0.5, 0.6) is 0 Å². The van der Waals surface area contributed by atoms with E-state index in [0.29, 0.717) is 18.7 Å². The molecule has 2 rings (SSSR count). The van der Waals surface area contributed by atoms with E-state index in [9.17, 15) is 4.79 Å². The van der Waals surface area contributed by atoms with Crippen molar-refractivity contribution in [3.05, 3.63) is 45.7 Å². The Balaban J connectivity index is 2.30. The van der Waals surface area contributed by atoms with Crippen LogP contribution in [0.25, 0.3) is 0 Å². The van der Waals surface area contributed by atoms with Crippen LogP contribution in [0, 0.1) is 0 Å². The highest BCUT2D eigenvalue weighted by Crippen LogP contribution is 2.15. The molecule has 0 saturated carbocycles. The molecule has 6 heteroatoms. The second-order valence-corrected chi connectivity index (χ2v) is 4.93. The fourth-order valence-corrected chi connectivity index (χ4v) is 2.32. The number of rotatable bonds is 4. The molecule has 0 bridgehead atoms. The molecule has 0 fully saturated rings. The van der Waals surface area contributed by atoms with Crippen molar-refractivity contribution in [3.63, 3.8) is 0 Å². The summed E-state index contributed by atoms with van der Waals surface area (Å²) in [6, 6.07) is 7.94. The first-order valence-electron chi connectivity index (χ1n) is 5.90. The summed E-state index contributed by atoms with van der Waals surface area (Å²) in [6.45, 7) is 2.54. The topological polar surface area (TPSA) is 57.0 Å². The molecule has 5 nitrogen and oxygen atoms in total. The third-order valence-electron chi connectivity index (χ3n) is 2.77. The van der Waals surface area contributed by atoms with E-state index in [1.54, 1.807) is 4.68 Å². The first kappa shape index (κ1) is 13.7. The van der Waals surface area contributed by atoms with Gasteiger partial charge in [-0.3, -0.25) is 0 Å². The lowest BCUT2D eigenvalue weighted by molar-refractivity contribution is 0.0592. The van der Waals surface area contributed by atoms with Crippen molar-refractivity contribution < 1.29 is 9.53 Å². The van der Waals surface area contributed by atoms with E-state index in [0.717, 1.165) is 15.7 Å². The molecular formula is C13H14BrN3O2. The first-order valence-corrected chi connectivity index (χ1v) is 6.70. The first-order chi connectivity index (χ1) is 9.15. The summed E-state index contributed by atoms with van der Waals surface area (Å²) in [7, 11) is 1.34. The third kappa shape index (κ3) is 3.01. The summed E-state index contributed by atoms with van der Waals surface area (Å²) in [5.41, 5.74) is 2.16. The molecule has 19 heavy (non-hydrogen) atoms. The van der Waals surface area contributed by atoms with Crippen LogP contribution in [0.3, 0.4) is 0 Å². The smallest absolute Gasteiger partial charge is 0.360 e. The Morgan fingerprint density at radius 1 is 1.47 bits per heavy atom. The molecule has 2 aromatic rings. The lowest BCUT2D eigenvalue weighted by Crippen LogP contribution is -2.09. The zero-order valence-corrected chi connectivity index (χ0v) is 12.3. The minimum atomic E-state index is -0.447. The number of aromatic nitrogens is 3. The van der Waals surface area contributed by atoms with E-state index < -0.39 is 5.97 Å². The Morgan fingerprint density at radius 3 is 2.89 bits per heavy atom. The van der Waals surface area contributed by atoms with Gasteiger partial charge in [0.05, 0.1) is 19.3 Å². The molecule has 0 aliphatic rings. The molecule has 0 atom stereocenters. The summed E-state index contributed by atoms with van der Waals surface area (Å²) < 4.78 is 7.44. The van der Waals surface area contributed by atoms with Crippen LogP contribution >= 0.6 is 15.9 Å². The average Bonchev–Trinajstić information content (AvgIpc) is 2.80. The van der Waals surface area contributed by atoms with Gasteiger partial charge in [0.15, 0.2) is 5.69 Å². The minimum Gasteiger partial charge on any atom is -0.464 e. The number of carbonyl (C=O) groups excluding carboxylic acids is 1. The number of hydrogen-bond donors (Lipinski definition) is 0. The molecular weight excluding hydrogens is 310 g/mol. The van der Waals surface area contributed by atoms with Crippen LogP contribution in [0.15, 0.2) is 28.7 Å². The number of hydrogen-bond acceptors (Lipinski definition) is 4. The lowest BCUT2D eigenvalue weighted by Gasteiger charge is -2.06. The van der Waals surface area contributed by atoms with E-state index in [4.69, 9.17) is 4.74 Å². The van der Waals surface area contributed by atoms with Crippen LogP contribution in [0.2, 0.25) is 0 Å². The Hall–Kier alpha value is -1.69. The molecule has 0 aliphatic heterocycles. The molecule has 0 amide bonds. The third-order valence-corrected chi connectivity index (χ3v) is 3.27. The fraction of sp³-hybridized carbons (Fsp3) is 0.308. The normalized spacial score (nSPS) is 10.5. The van der Waals surface area contributed by atoms with Crippen LogP contribution in [0.1, 0.15) is 28.7 Å². The highest BCUT2D eigenvalue weighted by Gasteiger charge is 2.18. The van der Waals surface area contributed by atoms with E-state index >= 15 is 0 Å². The molecule has 0 spiro atoms. The van der Waals surface area contributed by atoms with Gasteiger partial charge in [0.25, 0.3) is 0 Å². The van der Waals surface area contributed by atoms with Crippen molar-refractivity contribution in [3.8, 4) is 0 Å². The van der Waals surface area contributed by atoms with E-state index in [-0.39, 0.29) is 0 Å². The van der Waals surface area contributed by atoms with Crippen molar-refractivity contribution >= 4 is 21.9 Å². The summed E-state index contributed by atoms with van der Waals surface area (Å²) in [5.74, 6) is -0.447. The number of ether oxygens (including phenoxy) is 1. The van der Waals surface area contributed by atoms with Crippen LogP contribution in [0.4, 0.5) is 0 Å². The second-order valence-electron chi connectivity index (χ2n) is 4.02. The number of carbonyl (C=O) groups is 1. The highest BCUT2D eigenvalue weighted by molar-refractivity contribution is 9.10. The van der Waals surface area contributed by atoms with Gasteiger partial charge in [0.1, 0.15) is 0 Å². The van der Waals surface area contributed by atoms with Gasteiger partial charge in [0.2, 0.25) is 0 Å². The zero-order valence-electron chi connectivity index (χ0n) is 10.8. The van der Waals surface area contributed by atoms with E-state index in [2.05, 4.69) is 26.2 Å². The number of methoxy groups -OCH3 is 1. The summed E-state index contributed by atoms with van der Waals surface area (Å²) in [5, 5.41) is 7.93. The van der Waals surface area contributed by atoms with E-state index in [1.807, 2.05) is 31.2 Å². The van der Waals surface area contributed by atoms with Crippen molar-refractivity contribution in [2.45, 2.75) is 19.9 Å². The molecule has 0 aliphatic carbocycles. The average molecular weight is 324 g/mol. The molecule has 100 valence electrons. The Labute approximate surface area is 119 Å². The predicted molar refractivity (Wildman–Crippen MR) is 74.0 cm³/mol. The summed E-state index contributed by atoms with van der Waals surface area (Å²) >= 11 is 3.43. The maximum atomic E-state index is 11.6. The van der Waals surface area contributed by atoms with Gasteiger partial charge in [-0.2, -0.15) is 0 Å². The Kier molecular flexibility index (Phi) is 4.31. The summed E-state index contributed by atoms with van der Waals surface area (Å²) in [4.78, 5) is 11.6. The van der Waals surface area contributed by atoms with Gasteiger partial charge >= 0.3 is 5.97 Å². The van der Waals surface area contributed by atoms with Gasteiger partial charge in [-0.15, -0.1) is 5.10 Å². The van der Waals surface area contributed by atoms with Gasteiger partial charge in [-0.05, 0) is 24.1 Å². The number of benzene rings is 1. The van der Waals surface area contributed by atoms with E-state index in [1.165, 1.54) is 7.11 Å². The molecule has 1 aromatic heterocycles. The van der Waals surface area contributed by atoms with Crippen LogP contribution in [-0.4, -0.2) is 28.1 Å². The van der Waals surface area contributed by atoms with Crippen molar-refractivity contribution in [1.82, 2.24) is 15.0 Å². The Bertz CT molecular complexity index is 595. The van der Waals surface area contributed by atoms with Gasteiger partial charge in [0, 0.05) is 4.47 Å². The van der Waals surface area contributed by atoms with Crippen molar-refractivity contribution in [2.75, 3.05) is 7.11 Å². The van der Waals surface area contributed by atoms with Crippen molar-refractivity contribution in [2.24, 2.45) is 0 Å². The van der Waals surface area contributed by atoms with Crippen LogP contribution < -0.4 is 0 Å².